The molecule has 372 valence electrons. The molecule has 0 aliphatic carbocycles. The Morgan fingerprint density at radius 2 is 0.600 bits per heavy atom. The Bertz CT molecular complexity index is 1270. The second-order valence-corrected chi connectivity index (χ2v) is 17.8. The quantitative estimate of drug-likeness (QED) is 0.0262. The zero-order valence-corrected chi connectivity index (χ0v) is 42.5. The maximum atomic E-state index is 12.8. The van der Waals surface area contributed by atoms with Gasteiger partial charge in [0.15, 0.2) is 6.10 Å². The van der Waals surface area contributed by atoms with Crippen molar-refractivity contribution < 1.29 is 28.6 Å². The van der Waals surface area contributed by atoms with Gasteiger partial charge < -0.3 is 14.2 Å². The molecule has 0 aliphatic heterocycles. The molecule has 0 amide bonds. The van der Waals surface area contributed by atoms with Crippen LogP contribution in [0.2, 0.25) is 0 Å². The summed E-state index contributed by atoms with van der Waals surface area (Å²) in [4.78, 5) is 37.9. The zero-order chi connectivity index (χ0) is 47.2. The Hall–Kier alpha value is -3.41. The molecule has 0 heterocycles. The molecule has 1 atom stereocenters. The Labute approximate surface area is 401 Å². The van der Waals surface area contributed by atoms with E-state index in [1.165, 1.54) is 96.3 Å². The van der Waals surface area contributed by atoms with Gasteiger partial charge in [-0.05, 0) is 96.3 Å². The molecule has 0 aromatic heterocycles. The second kappa shape index (κ2) is 53.2. The van der Waals surface area contributed by atoms with Gasteiger partial charge in [0.1, 0.15) is 13.2 Å². The average molecular weight is 905 g/mol. The van der Waals surface area contributed by atoms with Crippen molar-refractivity contribution >= 4 is 17.9 Å². The maximum absolute atomic E-state index is 12.8. The first-order chi connectivity index (χ1) is 32.0. The lowest BCUT2D eigenvalue weighted by atomic mass is 10.1. The number of carbonyl (C=O) groups excluding carboxylic acids is 3. The second-order valence-electron chi connectivity index (χ2n) is 17.8. The monoisotopic (exact) mass is 905 g/mol. The van der Waals surface area contributed by atoms with E-state index in [1.807, 2.05) is 0 Å². The Balaban J connectivity index is 4.27. The van der Waals surface area contributed by atoms with Crippen LogP contribution in [0.5, 0.6) is 0 Å². The molecule has 0 spiro atoms. The number of hydrogen-bond donors (Lipinski definition) is 0. The Morgan fingerprint density at radius 3 is 0.969 bits per heavy atom. The smallest absolute Gasteiger partial charge is 0.306 e. The van der Waals surface area contributed by atoms with E-state index in [4.69, 9.17) is 14.2 Å². The first kappa shape index (κ1) is 61.6. The van der Waals surface area contributed by atoms with E-state index in [-0.39, 0.29) is 31.1 Å². The van der Waals surface area contributed by atoms with E-state index in [0.717, 1.165) is 116 Å². The predicted molar refractivity (Wildman–Crippen MR) is 279 cm³/mol. The van der Waals surface area contributed by atoms with Gasteiger partial charge in [-0.1, -0.05) is 221 Å². The number of allylic oxidation sites excluding steroid dienone is 14. The van der Waals surface area contributed by atoms with Gasteiger partial charge in [-0.3, -0.25) is 14.4 Å². The predicted octanol–water partition coefficient (Wildman–Crippen LogP) is 18.0. The van der Waals surface area contributed by atoms with Gasteiger partial charge in [0.25, 0.3) is 0 Å². The highest BCUT2D eigenvalue weighted by atomic mass is 16.6. The summed E-state index contributed by atoms with van der Waals surface area (Å²) >= 11 is 0. The van der Waals surface area contributed by atoms with Crippen LogP contribution in [0.3, 0.4) is 0 Å². The minimum atomic E-state index is -0.784. The van der Waals surface area contributed by atoms with Crippen molar-refractivity contribution in [3.05, 3.63) is 85.1 Å². The molecular formula is C59H100O6. The minimum absolute atomic E-state index is 0.0843. The summed E-state index contributed by atoms with van der Waals surface area (Å²) in [5.41, 5.74) is 0. The number of unbranched alkanes of at least 4 members (excludes halogenated alkanes) is 23. The fraction of sp³-hybridized carbons (Fsp3) is 0.712. The molecule has 0 aliphatic rings. The highest BCUT2D eigenvalue weighted by molar-refractivity contribution is 5.71. The zero-order valence-electron chi connectivity index (χ0n) is 42.5. The first-order valence-corrected chi connectivity index (χ1v) is 27.1. The summed E-state index contributed by atoms with van der Waals surface area (Å²) in [5, 5.41) is 0. The normalized spacial score (nSPS) is 12.7. The molecule has 0 bridgehead atoms. The fourth-order valence-electron chi connectivity index (χ4n) is 7.32. The summed E-state index contributed by atoms with van der Waals surface area (Å²) in [6, 6.07) is 0. The van der Waals surface area contributed by atoms with Gasteiger partial charge in [0.05, 0.1) is 0 Å². The van der Waals surface area contributed by atoms with E-state index in [2.05, 4.69) is 106 Å². The molecular weight excluding hydrogens is 805 g/mol. The van der Waals surface area contributed by atoms with Crippen LogP contribution >= 0.6 is 0 Å². The van der Waals surface area contributed by atoms with Crippen LogP contribution < -0.4 is 0 Å². The highest BCUT2D eigenvalue weighted by Gasteiger charge is 2.19. The van der Waals surface area contributed by atoms with Crippen LogP contribution in [0.15, 0.2) is 85.1 Å². The largest absolute Gasteiger partial charge is 0.462 e. The standard InChI is InChI=1S/C59H100O6/c1-4-7-10-13-16-18-20-22-24-26-28-29-31-32-34-36-38-40-43-46-49-52-58(61)64-55-56(54-63-57(60)51-48-45-42-15-12-9-6-3)65-59(62)53-50-47-44-41-39-37-35-33-30-27-25-23-21-19-17-14-11-8-5-2/h7,10,16-19,22-25,28-30,33,56H,4-6,8-9,11-15,20-21,26-27,31-32,34-55H2,1-3H3/b10-7-,18-16-,19-17-,24-22-,25-23-,29-28-,33-30-. The molecule has 0 rings (SSSR count). The Kier molecular flexibility index (Phi) is 50.4. The minimum Gasteiger partial charge on any atom is -0.462 e. The highest BCUT2D eigenvalue weighted by Crippen LogP contribution is 2.14. The van der Waals surface area contributed by atoms with Gasteiger partial charge in [0, 0.05) is 19.3 Å². The lowest BCUT2D eigenvalue weighted by molar-refractivity contribution is -0.167. The molecule has 1 unspecified atom stereocenters. The summed E-state index contributed by atoms with van der Waals surface area (Å²) in [7, 11) is 0. The average Bonchev–Trinajstić information content (AvgIpc) is 3.30. The van der Waals surface area contributed by atoms with Crippen molar-refractivity contribution in [2.24, 2.45) is 0 Å². The third-order valence-electron chi connectivity index (χ3n) is 11.4. The van der Waals surface area contributed by atoms with Gasteiger partial charge in [-0.2, -0.15) is 0 Å². The van der Waals surface area contributed by atoms with Crippen LogP contribution in [-0.2, 0) is 28.6 Å². The SMILES string of the molecule is CC/C=C\C/C=C\C/C=C\C/C=C\CCCCCCCCCCC(=O)OCC(COC(=O)CCCCCCCCC)OC(=O)CCCCCCCC/C=C\C/C=C\C/C=C\CCCCC. The molecule has 0 fully saturated rings. The van der Waals surface area contributed by atoms with Gasteiger partial charge in [-0.25, -0.2) is 0 Å². The topological polar surface area (TPSA) is 78.9 Å². The lowest BCUT2D eigenvalue weighted by Crippen LogP contribution is -2.30. The van der Waals surface area contributed by atoms with E-state index < -0.39 is 6.10 Å². The van der Waals surface area contributed by atoms with Crippen LogP contribution in [0.1, 0.15) is 252 Å². The van der Waals surface area contributed by atoms with Crippen molar-refractivity contribution in [3.8, 4) is 0 Å². The van der Waals surface area contributed by atoms with E-state index >= 15 is 0 Å². The van der Waals surface area contributed by atoms with E-state index in [0.29, 0.717) is 19.3 Å². The van der Waals surface area contributed by atoms with Crippen molar-refractivity contribution in [1.29, 1.82) is 0 Å². The van der Waals surface area contributed by atoms with Crippen molar-refractivity contribution in [3.63, 3.8) is 0 Å². The number of rotatable bonds is 48. The number of esters is 3. The molecule has 6 heteroatoms. The van der Waals surface area contributed by atoms with Crippen LogP contribution in [0, 0.1) is 0 Å². The third kappa shape index (κ3) is 51.4. The first-order valence-electron chi connectivity index (χ1n) is 27.1. The molecule has 0 aromatic rings. The molecule has 0 saturated heterocycles. The molecule has 0 N–H and O–H groups in total. The third-order valence-corrected chi connectivity index (χ3v) is 11.4. The van der Waals surface area contributed by atoms with E-state index in [1.54, 1.807) is 0 Å². The molecule has 0 radical (unpaired) electrons. The summed E-state index contributed by atoms with van der Waals surface area (Å²) in [6.45, 7) is 6.44. The summed E-state index contributed by atoms with van der Waals surface area (Å²) in [6.07, 6.45) is 68.7. The van der Waals surface area contributed by atoms with Gasteiger partial charge in [-0.15, -0.1) is 0 Å². The lowest BCUT2D eigenvalue weighted by Gasteiger charge is -2.18. The van der Waals surface area contributed by atoms with E-state index in [9.17, 15) is 14.4 Å². The van der Waals surface area contributed by atoms with Gasteiger partial charge >= 0.3 is 17.9 Å². The van der Waals surface area contributed by atoms with Crippen LogP contribution in [0.25, 0.3) is 0 Å². The summed E-state index contributed by atoms with van der Waals surface area (Å²) < 4.78 is 16.7. The fourth-order valence-corrected chi connectivity index (χ4v) is 7.32. The van der Waals surface area contributed by atoms with Crippen molar-refractivity contribution in [1.82, 2.24) is 0 Å². The number of hydrogen-bond acceptors (Lipinski definition) is 6. The molecule has 0 aromatic carbocycles. The number of carbonyl (C=O) groups is 3. The van der Waals surface area contributed by atoms with Crippen LogP contribution in [0.4, 0.5) is 0 Å². The number of ether oxygens (including phenoxy) is 3. The summed E-state index contributed by atoms with van der Waals surface area (Å²) in [5.74, 6) is -0.910. The molecule has 6 nitrogen and oxygen atoms in total. The van der Waals surface area contributed by atoms with Gasteiger partial charge in [0.2, 0.25) is 0 Å². The van der Waals surface area contributed by atoms with Crippen molar-refractivity contribution in [2.75, 3.05) is 13.2 Å². The van der Waals surface area contributed by atoms with Crippen LogP contribution in [-0.4, -0.2) is 37.2 Å². The van der Waals surface area contributed by atoms with Crippen molar-refractivity contribution in [2.45, 2.75) is 258 Å². The maximum Gasteiger partial charge on any atom is 0.306 e. The molecule has 65 heavy (non-hydrogen) atoms. The Morgan fingerprint density at radius 1 is 0.323 bits per heavy atom. The molecule has 0 saturated carbocycles.